The van der Waals surface area contributed by atoms with Crippen molar-refractivity contribution in [1.29, 1.82) is 0 Å². The molecule has 31 heavy (non-hydrogen) atoms. The summed E-state index contributed by atoms with van der Waals surface area (Å²) in [6.45, 7) is 1.23. The predicted octanol–water partition coefficient (Wildman–Crippen LogP) is 2.16. The number of anilines is 1. The number of rotatable bonds is 4. The Bertz CT molecular complexity index is 1250. The molecule has 0 saturated carbocycles. The summed E-state index contributed by atoms with van der Waals surface area (Å²) < 4.78 is 22.8. The first-order valence-electron chi connectivity index (χ1n) is 9.83. The number of benzene rings is 2. The summed E-state index contributed by atoms with van der Waals surface area (Å²) in [5.74, 6) is -0.936. The number of piperidine rings is 1. The van der Waals surface area contributed by atoms with Crippen LogP contribution in [0.5, 0.6) is 0 Å². The highest BCUT2D eigenvalue weighted by Gasteiger charge is 2.27. The molecule has 4 rings (SSSR count). The first-order chi connectivity index (χ1) is 14.8. The number of carbonyl (C=O) groups is 2. The van der Waals surface area contributed by atoms with Crippen molar-refractivity contribution in [1.82, 2.24) is 14.9 Å². The van der Waals surface area contributed by atoms with Crippen LogP contribution in [0.25, 0.3) is 11.0 Å². The fourth-order valence-corrected chi connectivity index (χ4v) is 3.99. The van der Waals surface area contributed by atoms with E-state index in [-0.39, 0.29) is 22.2 Å². The van der Waals surface area contributed by atoms with Crippen molar-refractivity contribution in [2.45, 2.75) is 24.2 Å². The summed E-state index contributed by atoms with van der Waals surface area (Å²) in [7, 11) is -3.84. The van der Waals surface area contributed by atoms with Gasteiger partial charge in [0.2, 0.25) is 10.0 Å². The number of hydrogen-bond donors (Lipinski definition) is 2. The fourth-order valence-electron chi connectivity index (χ4n) is 3.47. The Morgan fingerprint density at radius 3 is 2.03 bits per heavy atom. The van der Waals surface area contributed by atoms with Crippen LogP contribution in [-0.2, 0) is 10.0 Å². The monoisotopic (exact) mass is 439 g/mol. The van der Waals surface area contributed by atoms with Gasteiger partial charge in [-0.15, -0.1) is 0 Å². The number of carbonyl (C=O) groups excluding carboxylic acids is 2. The fraction of sp³-hybridized carbons (Fsp3) is 0.238. The number of nitrogens with one attached hydrogen (secondary N) is 1. The minimum absolute atomic E-state index is 0.000689. The predicted molar refractivity (Wildman–Crippen MR) is 115 cm³/mol. The quantitative estimate of drug-likeness (QED) is 0.639. The van der Waals surface area contributed by atoms with Crippen molar-refractivity contribution in [3.05, 3.63) is 59.9 Å². The van der Waals surface area contributed by atoms with Crippen molar-refractivity contribution in [3.63, 3.8) is 0 Å². The van der Waals surface area contributed by atoms with Gasteiger partial charge >= 0.3 is 0 Å². The van der Waals surface area contributed by atoms with E-state index in [1.54, 1.807) is 29.2 Å². The van der Waals surface area contributed by atoms with E-state index in [1.807, 2.05) is 0 Å². The van der Waals surface area contributed by atoms with Crippen LogP contribution in [0.1, 0.15) is 40.2 Å². The molecule has 1 aliphatic heterocycles. The number of para-hydroxylation sites is 2. The van der Waals surface area contributed by atoms with E-state index >= 15 is 0 Å². The largest absolute Gasteiger partial charge is 0.337 e. The van der Waals surface area contributed by atoms with E-state index in [9.17, 15) is 18.0 Å². The maximum Gasteiger partial charge on any atom is 0.276 e. The van der Waals surface area contributed by atoms with Crippen LogP contribution < -0.4 is 10.5 Å². The third kappa shape index (κ3) is 4.54. The van der Waals surface area contributed by atoms with Gasteiger partial charge in [0.1, 0.15) is 0 Å². The molecule has 0 radical (unpaired) electrons. The van der Waals surface area contributed by atoms with E-state index in [0.717, 1.165) is 19.3 Å². The minimum Gasteiger partial charge on any atom is -0.337 e. The van der Waals surface area contributed by atoms with Crippen LogP contribution in [0, 0.1) is 0 Å². The lowest BCUT2D eigenvalue weighted by Crippen LogP contribution is -2.37. The Morgan fingerprint density at radius 2 is 1.45 bits per heavy atom. The Labute approximate surface area is 179 Å². The summed E-state index contributed by atoms with van der Waals surface area (Å²) >= 11 is 0. The SMILES string of the molecule is NS(=O)(=O)c1ccc(NC(=O)c2nc3ccccc3nc2C(=O)N2CCCCC2)cc1. The van der Waals surface area contributed by atoms with Gasteiger partial charge in [-0.1, -0.05) is 12.1 Å². The van der Waals surface area contributed by atoms with Gasteiger partial charge < -0.3 is 10.2 Å². The van der Waals surface area contributed by atoms with Crippen molar-refractivity contribution in [2.24, 2.45) is 5.14 Å². The van der Waals surface area contributed by atoms with Crippen molar-refractivity contribution < 1.29 is 18.0 Å². The highest BCUT2D eigenvalue weighted by atomic mass is 32.2. The van der Waals surface area contributed by atoms with Gasteiger partial charge in [0.05, 0.1) is 15.9 Å². The van der Waals surface area contributed by atoms with Gasteiger partial charge in [-0.2, -0.15) is 0 Å². The molecule has 3 N–H and O–H groups in total. The Balaban J connectivity index is 1.69. The molecular formula is C21H21N5O4S. The molecule has 3 aromatic rings. The molecule has 1 saturated heterocycles. The molecule has 2 heterocycles. The lowest BCUT2D eigenvalue weighted by atomic mass is 10.1. The molecule has 2 amide bonds. The number of fused-ring (bicyclic) bond motifs is 1. The molecular weight excluding hydrogens is 418 g/mol. The van der Waals surface area contributed by atoms with E-state index in [2.05, 4.69) is 15.3 Å². The molecule has 160 valence electrons. The second-order valence-corrected chi connectivity index (χ2v) is 8.85. The lowest BCUT2D eigenvalue weighted by molar-refractivity contribution is 0.0713. The number of nitrogens with two attached hydrogens (primary N) is 1. The van der Waals surface area contributed by atoms with Crippen LogP contribution in [0.15, 0.2) is 53.4 Å². The van der Waals surface area contributed by atoms with Crippen molar-refractivity contribution in [3.8, 4) is 0 Å². The van der Waals surface area contributed by atoms with Crippen LogP contribution in [-0.4, -0.2) is 48.2 Å². The number of amides is 2. The first-order valence-corrected chi connectivity index (χ1v) is 11.4. The zero-order chi connectivity index (χ0) is 22.0. The third-order valence-corrected chi connectivity index (χ3v) is 6.00. The van der Waals surface area contributed by atoms with Gasteiger partial charge in [-0.05, 0) is 55.7 Å². The number of primary sulfonamides is 1. The number of sulfonamides is 1. The minimum atomic E-state index is -3.84. The maximum absolute atomic E-state index is 13.1. The highest BCUT2D eigenvalue weighted by Crippen LogP contribution is 2.19. The third-order valence-electron chi connectivity index (χ3n) is 5.07. The second kappa shape index (κ2) is 8.40. The summed E-state index contributed by atoms with van der Waals surface area (Å²) in [5.41, 5.74) is 1.28. The number of likely N-dealkylation sites (tertiary alicyclic amines) is 1. The van der Waals surface area contributed by atoms with Crippen molar-refractivity contribution in [2.75, 3.05) is 18.4 Å². The molecule has 2 aromatic carbocycles. The summed E-state index contributed by atoms with van der Waals surface area (Å²) in [4.78, 5) is 36.6. The number of hydrogen-bond acceptors (Lipinski definition) is 6. The molecule has 9 nitrogen and oxygen atoms in total. The Kier molecular flexibility index (Phi) is 5.66. The molecule has 1 fully saturated rings. The normalized spacial score (nSPS) is 14.4. The van der Waals surface area contributed by atoms with Gasteiger partial charge in [0.15, 0.2) is 11.4 Å². The standard InChI is InChI=1S/C21H21N5O4S/c22-31(29,30)15-10-8-14(9-11-15)23-20(27)18-19(21(28)26-12-4-1-5-13-26)25-17-7-3-2-6-16(17)24-18/h2-3,6-11H,1,4-5,12-13H2,(H,23,27)(H2,22,29,30). The summed E-state index contributed by atoms with van der Waals surface area (Å²) in [6.07, 6.45) is 2.88. The molecule has 10 heteroatoms. The molecule has 0 spiro atoms. The van der Waals surface area contributed by atoms with E-state index in [0.29, 0.717) is 29.8 Å². The molecule has 0 bridgehead atoms. The van der Waals surface area contributed by atoms with Gasteiger partial charge in [0, 0.05) is 18.8 Å². The van der Waals surface area contributed by atoms with Gasteiger partial charge in [0.25, 0.3) is 11.8 Å². The molecule has 1 aliphatic rings. The Hall–Kier alpha value is -3.37. The van der Waals surface area contributed by atoms with E-state index < -0.39 is 15.9 Å². The van der Waals surface area contributed by atoms with E-state index in [1.165, 1.54) is 24.3 Å². The smallest absolute Gasteiger partial charge is 0.276 e. The molecule has 0 aliphatic carbocycles. The lowest BCUT2D eigenvalue weighted by Gasteiger charge is -2.26. The van der Waals surface area contributed by atoms with Crippen LogP contribution in [0.2, 0.25) is 0 Å². The second-order valence-electron chi connectivity index (χ2n) is 7.29. The van der Waals surface area contributed by atoms with Crippen LogP contribution in [0.4, 0.5) is 5.69 Å². The van der Waals surface area contributed by atoms with Gasteiger partial charge in [-0.3, -0.25) is 9.59 Å². The Morgan fingerprint density at radius 1 is 0.871 bits per heavy atom. The average Bonchev–Trinajstić information content (AvgIpc) is 2.78. The topological polar surface area (TPSA) is 135 Å². The van der Waals surface area contributed by atoms with Crippen molar-refractivity contribution >= 4 is 38.6 Å². The molecule has 1 aromatic heterocycles. The summed E-state index contributed by atoms with van der Waals surface area (Å²) in [5, 5.41) is 7.75. The van der Waals surface area contributed by atoms with Gasteiger partial charge in [-0.25, -0.2) is 23.5 Å². The number of nitrogens with zero attached hydrogens (tertiary/aromatic N) is 3. The zero-order valence-corrected chi connectivity index (χ0v) is 17.4. The zero-order valence-electron chi connectivity index (χ0n) is 16.6. The van der Waals surface area contributed by atoms with Crippen LogP contribution in [0.3, 0.4) is 0 Å². The molecule has 0 atom stereocenters. The summed E-state index contributed by atoms with van der Waals surface area (Å²) in [6, 6.07) is 12.4. The maximum atomic E-state index is 13.1. The molecule has 0 unspecified atom stereocenters. The first kappa shape index (κ1) is 20.9. The average molecular weight is 439 g/mol. The number of aromatic nitrogens is 2. The van der Waals surface area contributed by atoms with Crippen LogP contribution >= 0.6 is 0 Å². The van der Waals surface area contributed by atoms with E-state index in [4.69, 9.17) is 5.14 Å². The highest BCUT2D eigenvalue weighted by molar-refractivity contribution is 7.89.